The van der Waals surface area contributed by atoms with Gasteiger partial charge in [0.25, 0.3) is 5.91 Å². The molecule has 12 nitrogen and oxygen atoms in total. The predicted molar refractivity (Wildman–Crippen MR) is 179 cm³/mol. The number of hydrogen-bond acceptors (Lipinski definition) is 9. The van der Waals surface area contributed by atoms with Crippen molar-refractivity contribution in [1.82, 2.24) is 19.9 Å². The van der Waals surface area contributed by atoms with E-state index in [1.54, 1.807) is 13.0 Å². The van der Waals surface area contributed by atoms with Crippen molar-refractivity contribution in [3.63, 3.8) is 0 Å². The number of ether oxygens (including phenoxy) is 2. The van der Waals surface area contributed by atoms with Crippen LogP contribution in [0.3, 0.4) is 0 Å². The van der Waals surface area contributed by atoms with Gasteiger partial charge < -0.3 is 25.4 Å². The Hall–Kier alpha value is -3.92. The molecule has 2 saturated carbocycles. The Morgan fingerprint density at radius 1 is 1.16 bits per heavy atom. The van der Waals surface area contributed by atoms with Crippen LogP contribution in [0.1, 0.15) is 82.4 Å². The summed E-state index contributed by atoms with van der Waals surface area (Å²) in [5.74, 6) is -2.69. The molecule has 0 unspecified atom stereocenters. The minimum atomic E-state index is -4.87. The van der Waals surface area contributed by atoms with Gasteiger partial charge >= 0.3 is 6.18 Å². The molecular weight excluding hydrogens is 691 g/mol. The van der Waals surface area contributed by atoms with Crippen molar-refractivity contribution in [3.05, 3.63) is 41.6 Å². The maximum absolute atomic E-state index is 14.5. The maximum atomic E-state index is 14.5. The number of sulfonamides is 1. The van der Waals surface area contributed by atoms with Crippen LogP contribution in [0.5, 0.6) is 11.5 Å². The molecule has 7 rings (SSSR count). The summed E-state index contributed by atoms with van der Waals surface area (Å²) < 4.78 is 82.4. The second-order valence-electron chi connectivity index (χ2n) is 14.9. The van der Waals surface area contributed by atoms with Gasteiger partial charge in [0.1, 0.15) is 22.9 Å². The number of aromatic nitrogens is 1. The molecule has 1 spiro atoms. The molecule has 3 amide bonds. The Bertz CT molecular complexity index is 1930. The summed E-state index contributed by atoms with van der Waals surface area (Å²) in [5.41, 5.74) is 2.58. The number of fused-ring (bicyclic) bond motifs is 5. The van der Waals surface area contributed by atoms with E-state index in [1.165, 1.54) is 24.1 Å². The van der Waals surface area contributed by atoms with Gasteiger partial charge in [-0.05, 0) is 76.5 Å². The van der Waals surface area contributed by atoms with Crippen LogP contribution in [0.25, 0.3) is 10.9 Å². The molecule has 0 radical (unpaired) electrons. The summed E-state index contributed by atoms with van der Waals surface area (Å²) in [5, 5.41) is 3.23. The van der Waals surface area contributed by atoms with Crippen molar-refractivity contribution in [1.29, 1.82) is 0 Å². The van der Waals surface area contributed by atoms with E-state index in [1.807, 2.05) is 12.2 Å². The van der Waals surface area contributed by atoms with Crippen molar-refractivity contribution >= 4 is 38.6 Å². The first-order valence-electron chi connectivity index (χ1n) is 17.4. The monoisotopic (exact) mass is 733 g/mol. The number of halogens is 3. The zero-order valence-electron chi connectivity index (χ0n) is 28.5. The second-order valence-corrected chi connectivity index (χ2v) is 17.1. The standard InChI is InChI=1S/C35H42F3N5O7S/c1-32(14-15-32)51(47,48)42-31(46)34-17-20(34)8-6-4-3-5-7-9-24(39)30(45)43-19-33(18-26(43)29(44)41-34)13-12-22-23-16-21(49-2)10-11-25(23)40-28(27(22)50-33)35(36,37)38/h6,8,10-11,16,20,24,26H,3-5,7,9,12-15,17-19,39H2,1-2H3,(H,41,44)(H,42,46)/t20-,24+,26+,33-,34-/m1/s1. The van der Waals surface area contributed by atoms with E-state index >= 15 is 0 Å². The summed E-state index contributed by atoms with van der Waals surface area (Å²) in [4.78, 5) is 47.2. The third-order valence-corrected chi connectivity index (χ3v) is 13.5. The summed E-state index contributed by atoms with van der Waals surface area (Å²) in [6, 6.07) is 2.34. The molecule has 276 valence electrons. The lowest BCUT2D eigenvalue weighted by molar-refractivity contribution is -0.144. The lowest BCUT2D eigenvalue weighted by atomic mass is 9.87. The average molecular weight is 734 g/mol. The number of allylic oxidation sites excluding steroid dienone is 1. The second kappa shape index (κ2) is 12.3. The zero-order valence-corrected chi connectivity index (χ0v) is 29.3. The highest BCUT2D eigenvalue weighted by Crippen LogP contribution is 2.50. The molecule has 1 aromatic carbocycles. The summed E-state index contributed by atoms with van der Waals surface area (Å²) in [6.07, 6.45) is 3.13. The number of rotatable bonds is 4. The SMILES string of the molecule is COc1ccc2nc(C(F)(F)F)c3c(c2c1)CC[C@]1(C[C@H]2C(=O)N[C@]4(C(=O)NS(=O)(=O)C5(C)CC5)C[C@H]4C=CCCCCC[C@H](N)C(=O)N2C1)O3. The Morgan fingerprint density at radius 3 is 2.63 bits per heavy atom. The fourth-order valence-corrected chi connectivity index (χ4v) is 9.04. The number of carbonyl (C=O) groups is 3. The molecule has 3 aliphatic heterocycles. The predicted octanol–water partition coefficient (Wildman–Crippen LogP) is 3.65. The van der Waals surface area contributed by atoms with E-state index in [-0.39, 0.29) is 37.7 Å². The highest BCUT2D eigenvalue weighted by molar-refractivity contribution is 7.91. The van der Waals surface area contributed by atoms with E-state index in [4.69, 9.17) is 15.2 Å². The van der Waals surface area contributed by atoms with Crippen molar-refractivity contribution in [2.24, 2.45) is 11.7 Å². The average Bonchev–Trinajstić information content (AvgIpc) is 3.97. The smallest absolute Gasteiger partial charge is 0.437 e. The number of hydrogen-bond donors (Lipinski definition) is 3. The summed E-state index contributed by atoms with van der Waals surface area (Å²) in [7, 11) is -2.58. The number of nitrogens with one attached hydrogen (secondary N) is 2. The molecule has 16 heteroatoms. The van der Waals surface area contributed by atoms with Crippen LogP contribution in [0, 0.1) is 5.92 Å². The molecule has 4 heterocycles. The van der Waals surface area contributed by atoms with E-state index < -0.39 is 79.3 Å². The number of nitrogens with zero attached hydrogens (tertiary/aromatic N) is 2. The molecule has 3 fully saturated rings. The van der Waals surface area contributed by atoms with Gasteiger partial charge in [-0.1, -0.05) is 25.0 Å². The third-order valence-electron chi connectivity index (χ3n) is 11.3. The Kier molecular flexibility index (Phi) is 8.59. The number of carbonyl (C=O) groups excluding carboxylic acids is 3. The van der Waals surface area contributed by atoms with Crippen molar-refractivity contribution in [3.8, 4) is 11.5 Å². The maximum Gasteiger partial charge on any atom is 0.437 e. The van der Waals surface area contributed by atoms with Gasteiger partial charge in [0.15, 0.2) is 11.4 Å². The van der Waals surface area contributed by atoms with Crippen LogP contribution in [0.4, 0.5) is 13.2 Å². The molecule has 0 bridgehead atoms. The topological polar surface area (TPSA) is 170 Å². The molecule has 51 heavy (non-hydrogen) atoms. The molecule has 2 aromatic rings. The lowest BCUT2D eigenvalue weighted by Gasteiger charge is -2.37. The van der Waals surface area contributed by atoms with E-state index in [2.05, 4.69) is 15.0 Å². The van der Waals surface area contributed by atoms with Crippen molar-refractivity contribution in [2.75, 3.05) is 13.7 Å². The summed E-state index contributed by atoms with van der Waals surface area (Å²) >= 11 is 0. The molecule has 2 aliphatic carbocycles. The highest BCUT2D eigenvalue weighted by atomic mass is 32.2. The van der Waals surface area contributed by atoms with Crippen molar-refractivity contribution in [2.45, 2.75) is 112 Å². The Morgan fingerprint density at radius 2 is 1.92 bits per heavy atom. The number of methoxy groups -OCH3 is 1. The molecular formula is C35H42F3N5O7S. The first-order chi connectivity index (χ1) is 24.0. The van der Waals surface area contributed by atoms with Gasteiger partial charge in [-0.2, -0.15) is 13.2 Å². The fraction of sp³-hybridized carbons (Fsp3) is 0.600. The Balaban J connectivity index is 1.24. The highest BCUT2D eigenvalue weighted by Gasteiger charge is 2.64. The quantitative estimate of drug-likeness (QED) is 0.397. The number of nitrogens with two attached hydrogens (primary N) is 1. The van der Waals surface area contributed by atoms with E-state index in [0.717, 1.165) is 12.8 Å². The van der Waals surface area contributed by atoms with Gasteiger partial charge in [0, 0.05) is 23.3 Å². The number of benzene rings is 1. The largest absolute Gasteiger partial charge is 0.497 e. The van der Waals surface area contributed by atoms with Crippen LogP contribution in [0.2, 0.25) is 0 Å². The molecule has 4 N–H and O–H groups in total. The van der Waals surface area contributed by atoms with Crippen LogP contribution in [0.15, 0.2) is 30.4 Å². The van der Waals surface area contributed by atoms with E-state index in [0.29, 0.717) is 48.8 Å². The number of aryl methyl sites for hydroxylation is 1. The van der Waals surface area contributed by atoms with E-state index in [9.17, 15) is 36.0 Å². The lowest BCUT2D eigenvalue weighted by Crippen LogP contribution is -2.58. The molecule has 5 atom stereocenters. The number of amides is 3. The minimum absolute atomic E-state index is 0.121. The van der Waals surface area contributed by atoms with Gasteiger partial charge in [0.05, 0.1) is 30.0 Å². The third kappa shape index (κ3) is 6.31. The molecule has 1 aromatic heterocycles. The molecule has 5 aliphatic rings. The van der Waals surface area contributed by atoms with Gasteiger partial charge in [0.2, 0.25) is 21.8 Å². The molecule has 1 saturated heterocycles. The van der Waals surface area contributed by atoms with Crippen molar-refractivity contribution < 1.29 is 45.4 Å². The normalized spacial score (nSPS) is 30.6. The zero-order chi connectivity index (χ0) is 36.6. The van der Waals surface area contributed by atoms with Crippen LogP contribution < -0.4 is 25.2 Å². The van der Waals surface area contributed by atoms with Gasteiger partial charge in [-0.3, -0.25) is 19.1 Å². The van der Waals surface area contributed by atoms with Gasteiger partial charge in [-0.25, -0.2) is 13.4 Å². The van der Waals surface area contributed by atoms with Crippen LogP contribution in [-0.4, -0.2) is 77.6 Å². The first kappa shape index (κ1) is 35.5. The number of alkyl halides is 3. The van der Waals surface area contributed by atoms with Crippen LogP contribution >= 0.6 is 0 Å². The summed E-state index contributed by atoms with van der Waals surface area (Å²) in [6.45, 7) is 1.32. The van der Waals surface area contributed by atoms with Gasteiger partial charge in [-0.15, -0.1) is 0 Å². The van der Waals surface area contributed by atoms with Crippen LogP contribution in [-0.2, 0) is 37.0 Å². The fourth-order valence-electron chi connectivity index (χ4n) is 7.72. The minimum Gasteiger partial charge on any atom is -0.497 e. The first-order valence-corrected chi connectivity index (χ1v) is 18.9. The number of pyridine rings is 1. The Labute approximate surface area is 293 Å².